The second-order valence-electron chi connectivity index (χ2n) is 5.51. The number of hydrogen-bond donors (Lipinski definition) is 1. The summed E-state index contributed by atoms with van der Waals surface area (Å²) in [6.07, 6.45) is 0.649. The van der Waals surface area contributed by atoms with E-state index in [1.165, 1.54) is 0 Å². The van der Waals surface area contributed by atoms with E-state index in [2.05, 4.69) is 4.98 Å². The molecule has 0 unspecified atom stereocenters. The van der Waals surface area contributed by atoms with Crippen molar-refractivity contribution in [2.24, 2.45) is 0 Å². The molecule has 6 nitrogen and oxygen atoms in total. The molecule has 1 aliphatic heterocycles. The Morgan fingerprint density at radius 1 is 1.12 bits per heavy atom. The lowest BCUT2D eigenvalue weighted by atomic mass is 10.2. The standard InChI is InChI=1S/C18H18N2O4/c21-8-7-20-15-11-17-16(23-12-24-17)10-14(15)19-18(20)6-9-22-13-4-2-1-3-5-13/h1-5,10-11,21H,6-9,12H2. The molecule has 1 aromatic heterocycles. The van der Waals surface area contributed by atoms with Crippen molar-refractivity contribution in [1.82, 2.24) is 9.55 Å². The minimum Gasteiger partial charge on any atom is -0.493 e. The molecule has 0 saturated heterocycles. The van der Waals surface area contributed by atoms with E-state index in [0.29, 0.717) is 31.1 Å². The Bertz CT molecular complexity index is 845. The zero-order chi connectivity index (χ0) is 16.4. The predicted molar refractivity (Wildman–Crippen MR) is 88.6 cm³/mol. The molecule has 0 atom stereocenters. The van der Waals surface area contributed by atoms with E-state index < -0.39 is 0 Å². The predicted octanol–water partition coefficient (Wildman–Crippen LogP) is 2.38. The molecule has 0 radical (unpaired) electrons. The maximum Gasteiger partial charge on any atom is 0.231 e. The van der Waals surface area contributed by atoms with E-state index >= 15 is 0 Å². The number of aromatic nitrogens is 2. The summed E-state index contributed by atoms with van der Waals surface area (Å²) < 4.78 is 18.6. The summed E-state index contributed by atoms with van der Waals surface area (Å²) >= 11 is 0. The maximum absolute atomic E-state index is 9.38. The number of fused-ring (bicyclic) bond motifs is 2. The van der Waals surface area contributed by atoms with Crippen molar-refractivity contribution in [3.63, 3.8) is 0 Å². The van der Waals surface area contributed by atoms with Crippen LogP contribution < -0.4 is 14.2 Å². The number of imidazole rings is 1. The van der Waals surface area contributed by atoms with Crippen LogP contribution in [0.5, 0.6) is 17.2 Å². The Balaban J connectivity index is 1.58. The third kappa shape index (κ3) is 2.76. The van der Waals surface area contributed by atoms with Crippen LogP contribution in [0.15, 0.2) is 42.5 Å². The molecule has 0 fully saturated rings. The van der Waals surface area contributed by atoms with Gasteiger partial charge in [0.1, 0.15) is 11.6 Å². The summed E-state index contributed by atoms with van der Waals surface area (Å²) in [7, 11) is 0. The molecule has 0 spiro atoms. The van der Waals surface area contributed by atoms with Crippen LogP contribution in [0, 0.1) is 0 Å². The van der Waals surface area contributed by atoms with E-state index in [4.69, 9.17) is 14.2 Å². The first-order valence-electron chi connectivity index (χ1n) is 7.92. The smallest absolute Gasteiger partial charge is 0.231 e. The second-order valence-corrected chi connectivity index (χ2v) is 5.51. The molecular weight excluding hydrogens is 308 g/mol. The van der Waals surface area contributed by atoms with Crippen molar-refractivity contribution in [3.8, 4) is 17.2 Å². The van der Waals surface area contributed by atoms with E-state index in [1.54, 1.807) is 0 Å². The molecular formula is C18H18N2O4. The highest BCUT2D eigenvalue weighted by atomic mass is 16.7. The molecule has 0 saturated carbocycles. The Labute approximate surface area is 139 Å². The van der Waals surface area contributed by atoms with Gasteiger partial charge in [-0.2, -0.15) is 0 Å². The van der Waals surface area contributed by atoms with Gasteiger partial charge < -0.3 is 23.9 Å². The van der Waals surface area contributed by atoms with Crippen molar-refractivity contribution >= 4 is 11.0 Å². The molecule has 0 aliphatic carbocycles. The number of para-hydroxylation sites is 1. The fourth-order valence-electron chi connectivity index (χ4n) is 2.88. The fraction of sp³-hybridized carbons (Fsp3) is 0.278. The van der Waals surface area contributed by atoms with Gasteiger partial charge >= 0.3 is 0 Å². The van der Waals surface area contributed by atoms with Crippen LogP contribution in [0.3, 0.4) is 0 Å². The van der Waals surface area contributed by atoms with Crippen molar-refractivity contribution < 1.29 is 19.3 Å². The summed E-state index contributed by atoms with van der Waals surface area (Å²) in [5, 5.41) is 9.38. The molecule has 1 aliphatic rings. The van der Waals surface area contributed by atoms with E-state index in [0.717, 1.165) is 22.6 Å². The second kappa shape index (κ2) is 6.41. The van der Waals surface area contributed by atoms with Gasteiger partial charge in [-0.1, -0.05) is 18.2 Å². The Morgan fingerprint density at radius 3 is 2.71 bits per heavy atom. The van der Waals surface area contributed by atoms with Crippen LogP contribution in [-0.2, 0) is 13.0 Å². The first kappa shape index (κ1) is 14.8. The van der Waals surface area contributed by atoms with Crippen LogP contribution in [-0.4, -0.2) is 34.7 Å². The average Bonchev–Trinajstić information content (AvgIpc) is 3.19. The third-order valence-electron chi connectivity index (χ3n) is 3.98. The number of rotatable bonds is 6. The monoisotopic (exact) mass is 326 g/mol. The van der Waals surface area contributed by atoms with Gasteiger partial charge in [-0.15, -0.1) is 0 Å². The molecule has 0 amide bonds. The highest BCUT2D eigenvalue weighted by Gasteiger charge is 2.19. The van der Waals surface area contributed by atoms with Gasteiger partial charge in [-0.3, -0.25) is 0 Å². The molecule has 4 rings (SSSR count). The number of benzene rings is 2. The Kier molecular flexibility index (Phi) is 3.96. The maximum atomic E-state index is 9.38. The van der Waals surface area contributed by atoms with Crippen molar-refractivity contribution in [2.45, 2.75) is 13.0 Å². The number of aliphatic hydroxyl groups is 1. The zero-order valence-corrected chi connectivity index (χ0v) is 13.1. The van der Waals surface area contributed by atoms with Crippen LogP contribution in [0.2, 0.25) is 0 Å². The summed E-state index contributed by atoms with van der Waals surface area (Å²) in [5.74, 6) is 3.14. The summed E-state index contributed by atoms with van der Waals surface area (Å²) in [4.78, 5) is 4.68. The van der Waals surface area contributed by atoms with Gasteiger partial charge in [0, 0.05) is 25.1 Å². The minimum atomic E-state index is 0.0481. The van der Waals surface area contributed by atoms with Gasteiger partial charge in [-0.25, -0.2) is 4.98 Å². The van der Waals surface area contributed by atoms with E-state index in [1.807, 2.05) is 47.0 Å². The molecule has 2 aromatic carbocycles. The average molecular weight is 326 g/mol. The largest absolute Gasteiger partial charge is 0.493 e. The number of aliphatic hydroxyl groups excluding tert-OH is 1. The highest BCUT2D eigenvalue weighted by Crippen LogP contribution is 2.36. The molecule has 0 bridgehead atoms. The van der Waals surface area contributed by atoms with Gasteiger partial charge in [0.05, 0.1) is 24.2 Å². The van der Waals surface area contributed by atoms with Crippen LogP contribution in [0.4, 0.5) is 0 Å². The first-order chi connectivity index (χ1) is 11.8. The SMILES string of the molecule is OCCn1c(CCOc2ccccc2)nc2cc3c(cc21)OCO3. The minimum absolute atomic E-state index is 0.0481. The zero-order valence-electron chi connectivity index (χ0n) is 13.1. The van der Waals surface area contributed by atoms with E-state index in [-0.39, 0.29) is 13.4 Å². The van der Waals surface area contributed by atoms with Crippen LogP contribution in [0.1, 0.15) is 5.82 Å². The molecule has 124 valence electrons. The summed E-state index contributed by atoms with van der Waals surface area (Å²) in [6.45, 7) is 1.29. The normalized spacial score (nSPS) is 12.7. The third-order valence-corrected chi connectivity index (χ3v) is 3.98. The van der Waals surface area contributed by atoms with Gasteiger partial charge in [0.2, 0.25) is 6.79 Å². The molecule has 1 N–H and O–H groups in total. The van der Waals surface area contributed by atoms with Gasteiger partial charge in [-0.05, 0) is 12.1 Å². The topological polar surface area (TPSA) is 65.7 Å². The van der Waals surface area contributed by atoms with Gasteiger partial charge in [0.25, 0.3) is 0 Å². The lowest BCUT2D eigenvalue weighted by molar-refractivity contribution is 0.174. The van der Waals surface area contributed by atoms with Crippen molar-refractivity contribution in [1.29, 1.82) is 0 Å². The summed E-state index contributed by atoms with van der Waals surface area (Å²) in [6, 6.07) is 13.5. The molecule has 24 heavy (non-hydrogen) atoms. The molecule has 6 heteroatoms. The number of ether oxygens (including phenoxy) is 3. The van der Waals surface area contributed by atoms with Crippen molar-refractivity contribution in [2.75, 3.05) is 20.0 Å². The quantitative estimate of drug-likeness (QED) is 0.753. The number of nitrogens with zero attached hydrogens (tertiary/aromatic N) is 2. The fourth-order valence-corrected chi connectivity index (χ4v) is 2.88. The van der Waals surface area contributed by atoms with Crippen molar-refractivity contribution in [3.05, 3.63) is 48.3 Å². The Hall–Kier alpha value is -2.73. The van der Waals surface area contributed by atoms with E-state index in [9.17, 15) is 5.11 Å². The lowest BCUT2D eigenvalue weighted by Gasteiger charge is -2.09. The van der Waals surface area contributed by atoms with Crippen LogP contribution in [0.25, 0.3) is 11.0 Å². The summed E-state index contributed by atoms with van der Waals surface area (Å²) in [5.41, 5.74) is 1.77. The number of hydrogen-bond acceptors (Lipinski definition) is 5. The molecule has 2 heterocycles. The van der Waals surface area contributed by atoms with Gasteiger partial charge in [0.15, 0.2) is 11.5 Å². The highest BCUT2D eigenvalue weighted by molar-refractivity contribution is 5.81. The Morgan fingerprint density at radius 2 is 1.92 bits per heavy atom. The first-order valence-corrected chi connectivity index (χ1v) is 7.92. The lowest BCUT2D eigenvalue weighted by Crippen LogP contribution is -2.11. The molecule has 3 aromatic rings. The van der Waals surface area contributed by atoms with Crippen LogP contribution >= 0.6 is 0 Å².